The molecule has 6 nitrogen and oxygen atoms in total. The van der Waals surface area contributed by atoms with Crippen molar-refractivity contribution in [1.29, 1.82) is 0 Å². The van der Waals surface area contributed by atoms with Crippen LogP contribution >= 0.6 is 23.1 Å². The highest BCUT2D eigenvalue weighted by atomic mass is 32.2. The third kappa shape index (κ3) is 5.23. The first-order valence-electron chi connectivity index (χ1n) is 11.1. The Morgan fingerprint density at radius 1 is 1.14 bits per heavy atom. The lowest BCUT2D eigenvalue weighted by Crippen LogP contribution is -2.15. The van der Waals surface area contributed by atoms with Gasteiger partial charge in [0.15, 0.2) is 0 Å². The highest BCUT2D eigenvalue weighted by molar-refractivity contribution is 7.99. The molecule has 5 rings (SSSR count). The Morgan fingerprint density at radius 2 is 1.91 bits per heavy atom. The molecule has 0 spiro atoms. The summed E-state index contributed by atoms with van der Waals surface area (Å²) in [6, 6.07) is 13.3. The number of thioether (sulfide) groups is 1. The molecule has 2 aromatic carbocycles. The first kappa shape index (κ1) is 23.5. The third-order valence-corrected chi connectivity index (χ3v) is 7.63. The van der Waals surface area contributed by atoms with Crippen molar-refractivity contribution in [2.45, 2.75) is 42.9 Å². The number of carbonyl (C=O) groups is 1. The fraction of sp³-hybridized carbons (Fsp3) is 0.240. The summed E-state index contributed by atoms with van der Waals surface area (Å²) in [7, 11) is 0. The number of aromatic nitrogens is 2. The van der Waals surface area contributed by atoms with Gasteiger partial charge in [0.2, 0.25) is 0 Å². The summed E-state index contributed by atoms with van der Waals surface area (Å²) in [6.45, 7) is -0.166. The average molecular weight is 514 g/mol. The predicted molar refractivity (Wildman–Crippen MR) is 134 cm³/mol. The molecule has 0 radical (unpaired) electrons. The molecule has 0 bridgehead atoms. The predicted octanol–water partition coefficient (Wildman–Crippen LogP) is 6.28. The van der Waals surface area contributed by atoms with Crippen molar-refractivity contribution in [3.05, 3.63) is 80.7 Å². The number of benzene rings is 2. The number of aromatic amines is 1. The maximum atomic E-state index is 12.8. The van der Waals surface area contributed by atoms with Gasteiger partial charge in [-0.1, -0.05) is 23.9 Å². The van der Waals surface area contributed by atoms with Crippen molar-refractivity contribution in [3.8, 4) is 0 Å². The lowest BCUT2D eigenvalue weighted by atomic mass is 9.97. The van der Waals surface area contributed by atoms with Crippen LogP contribution in [0.1, 0.15) is 39.5 Å². The average Bonchev–Trinajstić information content (AvgIpc) is 3.23. The van der Waals surface area contributed by atoms with E-state index in [1.165, 1.54) is 4.88 Å². The quantitative estimate of drug-likeness (QED) is 0.224. The van der Waals surface area contributed by atoms with E-state index in [4.69, 9.17) is 4.74 Å². The van der Waals surface area contributed by atoms with Crippen LogP contribution in [0.25, 0.3) is 10.2 Å². The number of ether oxygens (including phenoxy) is 1. The smallest absolute Gasteiger partial charge is 0.340 e. The number of rotatable bonds is 7. The number of para-hydroxylation sites is 1. The number of anilines is 2. The molecule has 0 saturated carbocycles. The van der Waals surface area contributed by atoms with Crippen LogP contribution in [0.15, 0.2) is 58.2 Å². The Bertz CT molecular complexity index is 1430. The van der Waals surface area contributed by atoms with Crippen molar-refractivity contribution in [2.75, 3.05) is 5.32 Å². The second-order valence-electron chi connectivity index (χ2n) is 8.05. The van der Waals surface area contributed by atoms with E-state index in [2.05, 4.69) is 15.3 Å². The Morgan fingerprint density at radius 3 is 2.71 bits per heavy atom. The number of fused-ring (bicyclic) bond motifs is 3. The van der Waals surface area contributed by atoms with Crippen LogP contribution in [0.4, 0.5) is 20.2 Å². The largest absolute Gasteiger partial charge is 0.454 e. The van der Waals surface area contributed by atoms with E-state index in [1.54, 1.807) is 59.9 Å². The summed E-state index contributed by atoms with van der Waals surface area (Å²) in [5, 5.41) is 3.78. The second kappa shape index (κ2) is 10.2. The molecule has 0 fully saturated rings. The first-order valence-corrected chi connectivity index (χ1v) is 12.8. The van der Waals surface area contributed by atoms with E-state index in [-0.39, 0.29) is 12.2 Å². The van der Waals surface area contributed by atoms with Crippen molar-refractivity contribution < 1.29 is 18.3 Å². The minimum Gasteiger partial charge on any atom is -0.454 e. The van der Waals surface area contributed by atoms with Gasteiger partial charge in [0.25, 0.3) is 11.3 Å². The van der Waals surface area contributed by atoms with E-state index in [1.807, 2.05) is 0 Å². The number of carbonyl (C=O) groups excluding carboxylic acids is 1. The van der Waals surface area contributed by atoms with Gasteiger partial charge in [-0.15, -0.1) is 11.3 Å². The van der Waals surface area contributed by atoms with Crippen molar-refractivity contribution in [2.24, 2.45) is 0 Å². The molecular weight excluding hydrogens is 492 g/mol. The lowest BCUT2D eigenvalue weighted by molar-refractivity contribution is 0.0463. The monoisotopic (exact) mass is 513 g/mol. The SMILES string of the molecule is O=C(OCc1nc2sc3c(c2c(=O)[nH]1)CCCC3)c1ccccc1Nc1ccc(SC(F)F)cc1. The number of aryl methyl sites for hydroxylation is 2. The van der Waals surface area contributed by atoms with Gasteiger partial charge in [-0.25, -0.2) is 9.78 Å². The lowest BCUT2D eigenvalue weighted by Gasteiger charge is -2.12. The maximum absolute atomic E-state index is 12.8. The highest BCUT2D eigenvalue weighted by Gasteiger charge is 2.20. The minimum absolute atomic E-state index is 0.166. The molecule has 2 aromatic heterocycles. The number of hydrogen-bond acceptors (Lipinski definition) is 7. The van der Waals surface area contributed by atoms with Gasteiger partial charge < -0.3 is 15.0 Å². The van der Waals surface area contributed by atoms with E-state index < -0.39 is 11.7 Å². The molecule has 0 atom stereocenters. The standard InChI is InChI=1S/C25H21F2N3O3S2/c26-25(27)34-15-11-9-14(10-12-15)28-18-7-3-1-5-16(18)24(32)33-13-20-29-22(31)21-17-6-2-4-8-19(17)35-23(21)30-20/h1,3,5,7,9-12,25,28H,2,4,6,8,13H2,(H,29,30,31). The molecule has 0 saturated heterocycles. The van der Waals surface area contributed by atoms with Crippen molar-refractivity contribution in [1.82, 2.24) is 9.97 Å². The van der Waals surface area contributed by atoms with Gasteiger partial charge in [-0.2, -0.15) is 8.78 Å². The number of hydrogen-bond donors (Lipinski definition) is 2. The van der Waals surface area contributed by atoms with Crippen LogP contribution < -0.4 is 10.9 Å². The Kier molecular flexibility index (Phi) is 6.83. The third-order valence-electron chi connectivity index (χ3n) is 5.72. The summed E-state index contributed by atoms with van der Waals surface area (Å²) in [4.78, 5) is 35.2. The van der Waals surface area contributed by atoms with Gasteiger partial charge in [-0.05, 0) is 67.6 Å². The van der Waals surface area contributed by atoms with Gasteiger partial charge in [0.05, 0.1) is 16.6 Å². The number of nitrogens with one attached hydrogen (secondary N) is 2. The topological polar surface area (TPSA) is 84.1 Å². The first-order chi connectivity index (χ1) is 17.0. The number of thiophene rings is 1. The zero-order valence-electron chi connectivity index (χ0n) is 18.5. The molecule has 0 aliphatic heterocycles. The van der Waals surface area contributed by atoms with Crippen LogP contribution in [0.3, 0.4) is 0 Å². The molecule has 4 aromatic rings. The van der Waals surface area contributed by atoms with Crippen molar-refractivity contribution in [3.63, 3.8) is 0 Å². The molecule has 2 heterocycles. The number of nitrogens with zero attached hydrogens (tertiary/aromatic N) is 1. The molecule has 180 valence electrons. The fourth-order valence-corrected chi connectivity index (χ4v) is 5.91. The normalized spacial score (nSPS) is 13.1. The summed E-state index contributed by atoms with van der Waals surface area (Å²) in [6.07, 6.45) is 4.06. The van der Waals surface area contributed by atoms with Crippen LogP contribution in [0.5, 0.6) is 0 Å². The number of H-pyrrole nitrogens is 1. The van der Waals surface area contributed by atoms with E-state index in [9.17, 15) is 18.4 Å². The van der Waals surface area contributed by atoms with Crippen LogP contribution in [0, 0.1) is 0 Å². The molecule has 1 aliphatic rings. The second-order valence-corrected chi connectivity index (χ2v) is 10.2. The van der Waals surface area contributed by atoms with Crippen LogP contribution in [0.2, 0.25) is 0 Å². The molecule has 10 heteroatoms. The van der Waals surface area contributed by atoms with Crippen LogP contribution in [-0.2, 0) is 24.2 Å². The Hall–Kier alpha value is -3.24. The van der Waals surface area contributed by atoms with Gasteiger partial charge >= 0.3 is 5.97 Å². The van der Waals surface area contributed by atoms with E-state index >= 15 is 0 Å². The highest BCUT2D eigenvalue weighted by Crippen LogP contribution is 2.33. The maximum Gasteiger partial charge on any atom is 0.340 e. The zero-order valence-corrected chi connectivity index (χ0v) is 20.1. The summed E-state index contributed by atoms with van der Waals surface area (Å²) < 4.78 is 30.5. The summed E-state index contributed by atoms with van der Waals surface area (Å²) in [5.74, 6) is -2.77. The number of halogens is 2. The van der Waals surface area contributed by atoms with Gasteiger partial charge in [0.1, 0.15) is 17.3 Å². The van der Waals surface area contributed by atoms with Gasteiger partial charge in [-0.3, -0.25) is 4.79 Å². The summed E-state index contributed by atoms with van der Waals surface area (Å²) >= 11 is 2.01. The fourth-order valence-electron chi connectivity index (χ4n) is 4.13. The molecule has 2 N–H and O–H groups in total. The van der Waals surface area contributed by atoms with E-state index in [0.29, 0.717) is 49.6 Å². The number of esters is 1. The minimum atomic E-state index is -2.49. The molecule has 1 aliphatic carbocycles. The molecule has 0 amide bonds. The number of alkyl halides is 2. The van der Waals surface area contributed by atoms with Gasteiger partial charge in [0, 0.05) is 15.5 Å². The Balaban J connectivity index is 1.30. The molecular formula is C25H21F2N3O3S2. The molecule has 0 unspecified atom stereocenters. The summed E-state index contributed by atoms with van der Waals surface area (Å²) in [5.41, 5.74) is 2.36. The van der Waals surface area contributed by atoms with Crippen molar-refractivity contribution >= 4 is 50.7 Å². The zero-order chi connectivity index (χ0) is 24.4. The Labute approximate surface area is 207 Å². The van der Waals surface area contributed by atoms with E-state index in [0.717, 1.165) is 31.2 Å². The van der Waals surface area contributed by atoms with Crippen LogP contribution in [-0.4, -0.2) is 21.7 Å². The molecule has 35 heavy (non-hydrogen) atoms.